The van der Waals surface area contributed by atoms with E-state index in [4.69, 9.17) is 23.2 Å². The third-order valence-electron chi connectivity index (χ3n) is 3.37. The molecule has 0 aliphatic carbocycles. The number of carbonyl (C=O) groups is 1. The number of anilines is 1. The third-order valence-corrected chi connectivity index (χ3v) is 4.19. The van der Waals surface area contributed by atoms with Crippen LogP contribution in [0.4, 0.5) is 10.5 Å². The molecular weight excluding hydrogens is 315 g/mol. The van der Waals surface area contributed by atoms with Gasteiger partial charge in [-0.15, -0.1) is 0 Å². The van der Waals surface area contributed by atoms with Gasteiger partial charge in [-0.1, -0.05) is 23.2 Å². The van der Waals surface area contributed by atoms with E-state index in [-0.39, 0.29) is 16.8 Å². The lowest BCUT2D eigenvalue weighted by Gasteiger charge is -2.15. The van der Waals surface area contributed by atoms with E-state index in [1.165, 1.54) is 17.0 Å². The summed E-state index contributed by atoms with van der Waals surface area (Å²) in [6.07, 6.45) is 3.34. The molecule has 0 saturated carbocycles. The molecule has 0 spiro atoms. The van der Waals surface area contributed by atoms with Crippen LogP contribution in [0.15, 0.2) is 24.5 Å². The Balaban J connectivity index is 1.93. The second kappa shape index (κ2) is 5.13. The molecule has 0 unspecified atom stereocenters. The number of hydrogen-bond donors (Lipinski definition) is 2. The fourth-order valence-corrected chi connectivity index (χ4v) is 2.82. The smallest absolute Gasteiger partial charge is 0.322 e. The van der Waals surface area contributed by atoms with Gasteiger partial charge in [-0.05, 0) is 12.1 Å². The summed E-state index contributed by atoms with van der Waals surface area (Å²) in [6.45, 7) is 0.331. The van der Waals surface area contributed by atoms with Crippen molar-refractivity contribution in [3.8, 4) is 5.75 Å². The van der Waals surface area contributed by atoms with Crippen molar-refractivity contribution in [2.45, 2.75) is 6.04 Å². The Morgan fingerprint density at radius 1 is 1.43 bits per heavy atom. The van der Waals surface area contributed by atoms with Gasteiger partial charge >= 0.3 is 6.03 Å². The maximum atomic E-state index is 12.1. The van der Waals surface area contributed by atoms with Crippen molar-refractivity contribution < 1.29 is 9.90 Å². The van der Waals surface area contributed by atoms with Crippen molar-refractivity contribution >= 4 is 34.9 Å². The number of halogens is 2. The highest BCUT2D eigenvalue weighted by Gasteiger charge is 2.34. The lowest BCUT2D eigenvalue weighted by atomic mass is 10.1. The standard InChI is InChI=1S/C13H12Cl2N4O2/c1-18-5-7(4-16-18)19-6-9(17-13(19)21)11-10(20)3-2-8(14)12(11)15/h2-5,9,20H,6H2,1H3,(H,17,21)/t9-/m1/s1. The Morgan fingerprint density at radius 2 is 2.19 bits per heavy atom. The van der Waals surface area contributed by atoms with E-state index in [1.807, 2.05) is 0 Å². The Labute approximate surface area is 130 Å². The number of aromatic hydroxyl groups is 1. The highest BCUT2D eigenvalue weighted by molar-refractivity contribution is 6.42. The molecule has 110 valence electrons. The van der Waals surface area contributed by atoms with Crippen LogP contribution in [-0.2, 0) is 7.05 Å². The van der Waals surface area contributed by atoms with E-state index in [1.54, 1.807) is 24.1 Å². The minimum atomic E-state index is -0.441. The van der Waals surface area contributed by atoms with Gasteiger partial charge in [0.25, 0.3) is 0 Å². The maximum Gasteiger partial charge on any atom is 0.322 e. The van der Waals surface area contributed by atoms with Crippen molar-refractivity contribution in [2.75, 3.05) is 11.4 Å². The second-order valence-corrected chi connectivity index (χ2v) is 5.56. The van der Waals surface area contributed by atoms with Crippen molar-refractivity contribution in [3.05, 3.63) is 40.1 Å². The molecule has 1 fully saturated rings. The molecule has 1 atom stereocenters. The van der Waals surface area contributed by atoms with E-state index < -0.39 is 6.04 Å². The average Bonchev–Trinajstić information content (AvgIpc) is 3.01. The van der Waals surface area contributed by atoms with Crippen LogP contribution in [0.3, 0.4) is 0 Å². The van der Waals surface area contributed by atoms with Crippen molar-refractivity contribution in [1.82, 2.24) is 15.1 Å². The normalized spacial score (nSPS) is 18.1. The molecular formula is C13H12Cl2N4O2. The van der Waals surface area contributed by atoms with Crippen LogP contribution in [0, 0.1) is 0 Å². The largest absolute Gasteiger partial charge is 0.508 e. The maximum absolute atomic E-state index is 12.1. The predicted molar refractivity (Wildman–Crippen MR) is 80.0 cm³/mol. The number of carbonyl (C=O) groups excluding carboxylic acids is 1. The van der Waals surface area contributed by atoms with Gasteiger partial charge in [-0.3, -0.25) is 9.58 Å². The lowest BCUT2D eigenvalue weighted by molar-refractivity contribution is 0.251. The van der Waals surface area contributed by atoms with E-state index in [0.717, 1.165) is 0 Å². The van der Waals surface area contributed by atoms with Gasteiger partial charge in [0.05, 0.1) is 34.5 Å². The van der Waals surface area contributed by atoms with Gasteiger partial charge in [-0.25, -0.2) is 4.79 Å². The average molecular weight is 327 g/mol. The minimum absolute atomic E-state index is 0.00253. The van der Waals surface area contributed by atoms with Crippen molar-refractivity contribution in [1.29, 1.82) is 0 Å². The molecule has 2 aromatic rings. The third kappa shape index (κ3) is 2.41. The van der Waals surface area contributed by atoms with E-state index in [0.29, 0.717) is 22.8 Å². The zero-order valence-corrected chi connectivity index (χ0v) is 12.6. The molecule has 1 aliphatic heterocycles. The van der Waals surface area contributed by atoms with Gasteiger partial charge in [0.1, 0.15) is 5.75 Å². The van der Waals surface area contributed by atoms with Gasteiger partial charge < -0.3 is 10.4 Å². The summed E-state index contributed by atoms with van der Waals surface area (Å²) in [7, 11) is 1.77. The molecule has 8 heteroatoms. The molecule has 3 rings (SSSR count). The number of hydrogen-bond acceptors (Lipinski definition) is 3. The summed E-state index contributed by atoms with van der Waals surface area (Å²) in [5.41, 5.74) is 1.10. The predicted octanol–water partition coefficient (Wildman–Crippen LogP) is 2.70. The highest BCUT2D eigenvalue weighted by atomic mass is 35.5. The molecule has 2 amide bonds. The molecule has 1 saturated heterocycles. The van der Waals surface area contributed by atoms with Crippen molar-refractivity contribution in [2.24, 2.45) is 7.05 Å². The van der Waals surface area contributed by atoms with E-state index in [2.05, 4.69) is 10.4 Å². The van der Waals surface area contributed by atoms with Crippen LogP contribution in [0.2, 0.25) is 10.0 Å². The van der Waals surface area contributed by atoms with Gasteiger partial charge in [0, 0.05) is 18.8 Å². The van der Waals surface area contributed by atoms with Crippen LogP contribution < -0.4 is 10.2 Å². The number of nitrogens with one attached hydrogen (secondary N) is 1. The lowest BCUT2D eigenvalue weighted by Crippen LogP contribution is -2.27. The number of nitrogens with zero attached hydrogens (tertiary/aromatic N) is 3. The Kier molecular flexibility index (Phi) is 3.43. The number of rotatable bonds is 2. The molecule has 0 radical (unpaired) electrons. The zero-order chi connectivity index (χ0) is 15.1. The molecule has 6 nitrogen and oxygen atoms in total. The van der Waals surface area contributed by atoms with E-state index in [9.17, 15) is 9.90 Å². The molecule has 2 heterocycles. The number of amides is 2. The first-order valence-corrected chi connectivity index (χ1v) is 6.96. The first-order chi connectivity index (χ1) is 9.97. The van der Waals surface area contributed by atoms with Crippen LogP contribution >= 0.6 is 23.2 Å². The quantitative estimate of drug-likeness (QED) is 0.891. The Morgan fingerprint density at radius 3 is 2.86 bits per heavy atom. The highest BCUT2D eigenvalue weighted by Crippen LogP contribution is 2.38. The monoisotopic (exact) mass is 326 g/mol. The number of aromatic nitrogens is 2. The summed E-state index contributed by atoms with van der Waals surface area (Å²) < 4.78 is 1.61. The summed E-state index contributed by atoms with van der Waals surface area (Å²) in [5.74, 6) is 0.00253. The van der Waals surface area contributed by atoms with Crippen LogP contribution in [0.1, 0.15) is 11.6 Å². The van der Waals surface area contributed by atoms with E-state index >= 15 is 0 Å². The first kappa shape index (κ1) is 14.0. The zero-order valence-electron chi connectivity index (χ0n) is 11.0. The molecule has 21 heavy (non-hydrogen) atoms. The summed E-state index contributed by atoms with van der Waals surface area (Å²) >= 11 is 12.1. The number of phenolic OH excluding ortho intramolecular Hbond substituents is 1. The molecule has 1 aliphatic rings. The van der Waals surface area contributed by atoms with Gasteiger partial charge in [-0.2, -0.15) is 5.10 Å². The fraction of sp³-hybridized carbons (Fsp3) is 0.231. The second-order valence-electron chi connectivity index (χ2n) is 4.78. The minimum Gasteiger partial charge on any atom is -0.508 e. The molecule has 2 N–H and O–H groups in total. The Bertz CT molecular complexity index is 716. The number of aryl methyl sites for hydroxylation is 1. The summed E-state index contributed by atoms with van der Waals surface area (Å²) in [5, 5.41) is 17.4. The van der Waals surface area contributed by atoms with Crippen molar-refractivity contribution in [3.63, 3.8) is 0 Å². The number of phenols is 1. The molecule has 1 aromatic carbocycles. The van der Waals surface area contributed by atoms with Gasteiger partial charge in [0.2, 0.25) is 0 Å². The SMILES string of the molecule is Cn1cc(N2C[C@H](c3c(O)ccc(Cl)c3Cl)NC2=O)cn1. The van der Waals surface area contributed by atoms with Crippen LogP contribution in [0.25, 0.3) is 0 Å². The van der Waals surface area contributed by atoms with Crippen LogP contribution in [0.5, 0.6) is 5.75 Å². The van der Waals surface area contributed by atoms with Gasteiger partial charge in [0.15, 0.2) is 0 Å². The summed E-state index contributed by atoms with van der Waals surface area (Å²) in [4.78, 5) is 13.6. The molecule has 0 bridgehead atoms. The number of benzene rings is 1. The first-order valence-electron chi connectivity index (χ1n) is 6.21. The topological polar surface area (TPSA) is 70.4 Å². The van der Waals surface area contributed by atoms with Crippen LogP contribution in [-0.4, -0.2) is 27.5 Å². The fourth-order valence-electron chi connectivity index (χ4n) is 2.36. The molecule has 1 aromatic heterocycles. The number of urea groups is 1. The Hall–Kier alpha value is -1.92. The summed E-state index contributed by atoms with van der Waals surface area (Å²) in [6, 6.07) is 2.26.